The van der Waals surface area contributed by atoms with Crippen molar-refractivity contribution in [2.24, 2.45) is 5.92 Å². The molecule has 1 aliphatic carbocycles. The topological polar surface area (TPSA) is 75.1 Å². The van der Waals surface area contributed by atoms with Crippen molar-refractivity contribution in [1.29, 1.82) is 0 Å². The van der Waals surface area contributed by atoms with E-state index < -0.39 is 0 Å². The third-order valence-corrected chi connectivity index (χ3v) is 4.80. The van der Waals surface area contributed by atoms with Crippen LogP contribution in [0.2, 0.25) is 5.02 Å². The maximum absolute atomic E-state index is 12.4. The maximum atomic E-state index is 12.4. The first-order valence-electron chi connectivity index (χ1n) is 8.28. The molecule has 130 valence electrons. The second-order valence-corrected chi connectivity index (χ2v) is 6.71. The molecule has 5 nitrogen and oxygen atoms in total. The van der Waals surface area contributed by atoms with E-state index >= 15 is 0 Å². The number of aromatic hydroxyl groups is 1. The minimum absolute atomic E-state index is 0.0522. The van der Waals surface area contributed by atoms with Gasteiger partial charge in [-0.1, -0.05) is 41.9 Å². The number of nitrogens with one attached hydrogen (secondary N) is 1. The van der Waals surface area contributed by atoms with E-state index in [-0.39, 0.29) is 23.5 Å². The van der Waals surface area contributed by atoms with E-state index in [4.69, 9.17) is 11.6 Å². The molecule has 1 amide bonds. The minimum Gasteiger partial charge on any atom is -0.508 e. The summed E-state index contributed by atoms with van der Waals surface area (Å²) in [6.07, 6.45) is 3.92. The van der Waals surface area contributed by atoms with Crippen LogP contribution in [-0.4, -0.2) is 21.0 Å². The highest BCUT2D eigenvalue weighted by atomic mass is 35.5. The van der Waals surface area contributed by atoms with Crippen molar-refractivity contribution in [2.45, 2.75) is 12.3 Å². The van der Waals surface area contributed by atoms with Gasteiger partial charge in [0.1, 0.15) is 5.75 Å². The lowest BCUT2D eigenvalue weighted by Crippen LogP contribution is -2.15. The average Bonchev–Trinajstić information content (AvgIpc) is 3.43. The van der Waals surface area contributed by atoms with Crippen LogP contribution in [0.15, 0.2) is 60.9 Å². The van der Waals surface area contributed by atoms with Gasteiger partial charge in [0.05, 0.1) is 18.1 Å². The Morgan fingerprint density at radius 3 is 2.62 bits per heavy atom. The van der Waals surface area contributed by atoms with Crippen LogP contribution < -0.4 is 5.32 Å². The van der Waals surface area contributed by atoms with Crippen LogP contribution in [0.5, 0.6) is 5.75 Å². The molecule has 1 fully saturated rings. The fraction of sp³-hybridized carbons (Fsp3) is 0.150. The summed E-state index contributed by atoms with van der Waals surface area (Å²) < 4.78 is 0. The largest absolute Gasteiger partial charge is 0.508 e. The van der Waals surface area contributed by atoms with Crippen molar-refractivity contribution in [3.63, 3.8) is 0 Å². The molecule has 2 N–H and O–H groups in total. The molecule has 2 unspecified atom stereocenters. The molecule has 4 rings (SSSR count). The molecule has 0 bridgehead atoms. The zero-order valence-electron chi connectivity index (χ0n) is 13.8. The number of hydrogen-bond donors (Lipinski definition) is 2. The molecule has 1 heterocycles. The van der Waals surface area contributed by atoms with Crippen molar-refractivity contribution in [3.8, 4) is 17.1 Å². The SMILES string of the molecule is O=C(Nc1cnc(-c2cccc(O)c2)nc1)C1CC1c1ccccc1Cl. The van der Waals surface area contributed by atoms with Gasteiger partial charge in [-0.25, -0.2) is 9.97 Å². The van der Waals surface area contributed by atoms with Crippen LogP contribution >= 0.6 is 11.6 Å². The number of phenols is 1. The molecule has 0 radical (unpaired) electrons. The molecule has 26 heavy (non-hydrogen) atoms. The Labute approximate surface area is 155 Å². The first-order valence-corrected chi connectivity index (χ1v) is 8.66. The van der Waals surface area contributed by atoms with Gasteiger partial charge in [0.2, 0.25) is 5.91 Å². The molecule has 1 aliphatic rings. The lowest BCUT2D eigenvalue weighted by molar-refractivity contribution is -0.117. The Kier molecular flexibility index (Phi) is 4.31. The van der Waals surface area contributed by atoms with Gasteiger partial charge >= 0.3 is 0 Å². The Morgan fingerprint density at radius 2 is 1.88 bits per heavy atom. The van der Waals surface area contributed by atoms with Gasteiger partial charge in [-0.2, -0.15) is 0 Å². The Morgan fingerprint density at radius 1 is 1.12 bits per heavy atom. The van der Waals surface area contributed by atoms with Gasteiger partial charge in [0.15, 0.2) is 5.82 Å². The summed E-state index contributed by atoms with van der Waals surface area (Å²) in [5.41, 5.74) is 2.28. The van der Waals surface area contributed by atoms with E-state index in [1.807, 2.05) is 30.3 Å². The van der Waals surface area contributed by atoms with Crippen LogP contribution in [0.3, 0.4) is 0 Å². The van der Waals surface area contributed by atoms with Crippen molar-refractivity contribution in [3.05, 3.63) is 71.5 Å². The van der Waals surface area contributed by atoms with Crippen molar-refractivity contribution in [2.75, 3.05) is 5.32 Å². The summed E-state index contributed by atoms with van der Waals surface area (Å²) in [5.74, 6) is 0.669. The summed E-state index contributed by atoms with van der Waals surface area (Å²) in [7, 11) is 0. The third kappa shape index (κ3) is 3.39. The number of anilines is 1. The zero-order chi connectivity index (χ0) is 18.1. The van der Waals surface area contributed by atoms with Gasteiger partial charge < -0.3 is 10.4 Å². The Hall–Kier alpha value is -2.92. The summed E-state index contributed by atoms with van der Waals surface area (Å²) in [4.78, 5) is 20.9. The number of rotatable bonds is 4. The number of carbonyl (C=O) groups excluding carboxylic acids is 1. The third-order valence-electron chi connectivity index (χ3n) is 4.46. The minimum atomic E-state index is -0.0827. The molecule has 2 aromatic carbocycles. The van der Waals surface area contributed by atoms with Gasteiger partial charge in [-0.05, 0) is 36.1 Å². The predicted molar refractivity (Wildman–Crippen MR) is 100 cm³/mol. The van der Waals surface area contributed by atoms with Crippen molar-refractivity contribution in [1.82, 2.24) is 9.97 Å². The monoisotopic (exact) mass is 365 g/mol. The zero-order valence-corrected chi connectivity index (χ0v) is 14.5. The number of halogens is 1. The lowest BCUT2D eigenvalue weighted by atomic mass is 10.1. The van der Waals surface area contributed by atoms with Crippen LogP contribution in [-0.2, 0) is 4.79 Å². The van der Waals surface area contributed by atoms with E-state index in [2.05, 4.69) is 15.3 Å². The van der Waals surface area contributed by atoms with Crippen molar-refractivity contribution < 1.29 is 9.90 Å². The van der Waals surface area contributed by atoms with Crippen LogP contribution in [0.25, 0.3) is 11.4 Å². The van der Waals surface area contributed by atoms with E-state index in [0.717, 1.165) is 12.0 Å². The number of amides is 1. The summed E-state index contributed by atoms with van der Waals surface area (Å²) in [6, 6.07) is 14.3. The summed E-state index contributed by atoms with van der Waals surface area (Å²) in [6.45, 7) is 0. The smallest absolute Gasteiger partial charge is 0.228 e. The van der Waals surface area contributed by atoms with Gasteiger partial charge in [0.25, 0.3) is 0 Å². The number of benzene rings is 2. The quantitative estimate of drug-likeness (QED) is 0.725. The van der Waals surface area contributed by atoms with E-state index in [9.17, 15) is 9.90 Å². The second-order valence-electron chi connectivity index (χ2n) is 6.31. The Bertz CT molecular complexity index is 959. The molecule has 1 aromatic heterocycles. The molecule has 0 aliphatic heterocycles. The number of nitrogens with zero attached hydrogens (tertiary/aromatic N) is 2. The molecule has 6 heteroatoms. The fourth-order valence-electron chi connectivity index (χ4n) is 3.03. The molecule has 0 saturated heterocycles. The molecule has 0 spiro atoms. The van der Waals surface area contributed by atoms with Crippen LogP contribution in [0.1, 0.15) is 17.9 Å². The second kappa shape index (κ2) is 6.77. The highest BCUT2D eigenvalue weighted by Gasteiger charge is 2.44. The molecular formula is C20H16ClN3O2. The maximum Gasteiger partial charge on any atom is 0.228 e. The first kappa shape index (κ1) is 16.5. The normalized spacial score (nSPS) is 18.3. The van der Waals surface area contributed by atoms with Crippen molar-refractivity contribution >= 4 is 23.2 Å². The highest BCUT2D eigenvalue weighted by Crippen LogP contribution is 2.49. The highest BCUT2D eigenvalue weighted by molar-refractivity contribution is 6.31. The first-order chi connectivity index (χ1) is 12.6. The van der Waals surface area contributed by atoms with Gasteiger partial charge in [-0.3, -0.25) is 4.79 Å². The molecule has 3 aromatic rings. The van der Waals surface area contributed by atoms with Gasteiger partial charge in [0, 0.05) is 16.5 Å². The average molecular weight is 366 g/mol. The van der Waals surface area contributed by atoms with E-state index in [0.29, 0.717) is 22.1 Å². The lowest BCUT2D eigenvalue weighted by Gasteiger charge is -2.06. The number of carbonyl (C=O) groups is 1. The Balaban J connectivity index is 1.42. The van der Waals surface area contributed by atoms with Gasteiger partial charge in [-0.15, -0.1) is 0 Å². The number of phenolic OH excluding ortho intramolecular Hbond substituents is 1. The van der Waals surface area contributed by atoms with Crippen LogP contribution in [0, 0.1) is 5.92 Å². The fourth-order valence-corrected chi connectivity index (χ4v) is 3.30. The molecule has 2 atom stereocenters. The summed E-state index contributed by atoms with van der Waals surface area (Å²) >= 11 is 6.21. The molecule has 1 saturated carbocycles. The number of aromatic nitrogens is 2. The summed E-state index contributed by atoms with van der Waals surface area (Å²) in [5, 5.41) is 13.1. The standard InChI is InChI=1S/C20H16ClN3O2/c21-18-7-2-1-6-15(18)16-9-17(16)20(26)24-13-10-22-19(23-11-13)12-4-3-5-14(25)8-12/h1-8,10-11,16-17,25H,9H2,(H,24,26). The van der Waals surface area contributed by atoms with Crippen LogP contribution in [0.4, 0.5) is 5.69 Å². The van der Waals surface area contributed by atoms with E-state index in [1.165, 1.54) is 0 Å². The van der Waals surface area contributed by atoms with E-state index in [1.54, 1.807) is 30.6 Å². The predicted octanol–water partition coefficient (Wildman–Crippen LogP) is 4.24. The molecular weight excluding hydrogens is 350 g/mol. The number of hydrogen-bond acceptors (Lipinski definition) is 4.